The van der Waals surface area contributed by atoms with Crippen LogP contribution in [0.3, 0.4) is 0 Å². The summed E-state index contributed by atoms with van der Waals surface area (Å²) in [6, 6.07) is 5.88. The van der Waals surface area contributed by atoms with Crippen LogP contribution in [-0.4, -0.2) is 29.5 Å². The lowest BCUT2D eigenvalue weighted by Gasteiger charge is -2.12. The summed E-state index contributed by atoms with van der Waals surface area (Å²) in [5, 5.41) is 11.8. The summed E-state index contributed by atoms with van der Waals surface area (Å²) in [6.45, 7) is 0.380. The lowest BCUT2D eigenvalue weighted by molar-refractivity contribution is -0.123. The molecular weight excluding hydrogens is 246 g/mol. The lowest BCUT2D eigenvalue weighted by Crippen LogP contribution is -2.42. The average molecular weight is 265 g/mol. The Labute approximate surface area is 111 Å². The lowest BCUT2D eigenvalue weighted by atomic mass is 10.1. The van der Waals surface area contributed by atoms with Gasteiger partial charge in [-0.3, -0.25) is 9.59 Å². The summed E-state index contributed by atoms with van der Waals surface area (Å²) < 4.78 is 0. The van der Waals surface area contributed by atoms with Crippen LogP contribution in [0.4, 0.5) is 0 Å². The number of nitrogens with one attached hydrogen (secondary N) is 1. The Morgan fingerprint density at radius 2 is 1.89 bits per heavy atom. The molecule has 0 radical (unpaired) electrons. The van der Waals surface area contributed by atoms with E-state index < -0.39 is 6.04 Å². The summed E-state index contributed by atoms with van der Waals surface area (Å²) in [6.07, 6.45) is 1.14. The first-order valence-electron chi connectivity index (χ1n) is 6.08. The minimum absolute atomic E-state index is 0.174. The van der Waals surface area contributed by atoms with Gasteiger partial charge in [-0.15, -0.1) is 0 Å². The van der Waals surface area contributed by atoms with E-state index >= 15 is 0 Å². The fourth-order valence-electron chi connectivity index (χ4n) is 1.58. The van der Waals surface area contributed by atoms with Gasteiger partial charge in [0.05, 0.1) is 6.04 Å². The molecule has 1 unspecified atom stereocenters. The van der Waals surface area contributed by atoms with Crippen LogP contribution in [0.25, 0.3) is 0 Å². The topological polar surface area (TPSA) is 118 Å². The molecule has 6 nitrogen and oxygen atoms in total. The summed E-state index contributed by atoms with van der Waals surface area (Å²) in [7, 11) is 0. The standard InChI is InChI=1S/C13H19N3O3/c14-11(8-9-3-5-10(17)6-4-9)13(19)16-7-1-2-12(15)18/h3-6,11,17H,1-2,7-8,14H2,(H2,15,18)(H,16,19). The molecule has 0 spiro atoms. The molecule has 1 aromatic rings. The molecule has 0 saturated carbocycles. The van der Waals surface area contributed by atoms with Gasteiger partial charge < -0.3 is 21.9 Å². The first kappa shape index (κ1) is 15.0. The molecule has 0 fully saturated rings. The monoisotopic (exact) mass is 265 g/mol. The molecule has 19 heavy (non-hydrogen) atoms. The number of phenols is 1. The second kappa shape index (κ2) is 7.38. The van der Waals surface area contributed by atoms with Crippen LogP contribution in [0.5, 0.6) is 5.75 Å². The fourth-order valence-corrected chi connectivity index (χ4v) is 1.58. The van der Waals surface area contributed by atoms with E-state index in [1.807, 2.05) is 0 Å². The van der Waals surface area contributed by atoms with E-state index in [4.69, 9.17) is 16.6 Å². The number of phenolic OH excluding ortho intramolecular Hbond substituents is 1. The summed E-state index contributed by atoms with van der Waals surface area (Å²) in [4.78, 5) is 22.2. The number of hydrogen-bond donors (Lipinski definition) is 4. The second-order valence-corrected chi connectivity index (χ2v) is 4.34. The molecular formula is C13H19N3O3. The van der Waals surface area contributed by atoms with Crippen LogP contribution >= 0.6 is 0 Å². The van der Waals surface area contributed by atoms with Crippen molar-refractivity contribution in [3.05, 3.63) is 29.8 Å². The van der Waals surface area contributed by atoms with Crippen molar-refractivity contribution in [1.29, 1.82) is 0 Å². The SMILES string of the molecule is NC(=O)CCCNC(=O)C(N)Cc1ccc(O)cc1. The number of aromatic hydroxyl groups is 1. The van der Waals surface area contributed by atoms with Gasteiger partial charge in [-0.1, -0.05) is 12.1 Å². The molecule has 0 aliphatic rings. The molecule has 0 heterocycles. The predicted octanol–water partition coefficient (Wildman–Crippen LogP) is -0.356. The minimum atomic E-state index is -0.655. The van der Waals surface area contributed by atoms with Crippen molar-refractivity contribution in [1.82, 2.24) is 5.32 Å². The van der Waals surface area contributed by atoms with Gasteiger partial charge in [0.1, 0.15) is 5.75 Å². The molecule has 6 heteroatoms. The first-order chi connectivity index (χ1) is 8.99. The van der Waals surface area contributed by atoms with E-state index in [-0.39, 0.29) is 24.0 Å². The van der Waals surface area contributed by atoms with E-state index in [1.165, 1.54) is 0 Å². The first-order valence-corrected chi connectivity index (χ1v) is 6.08. The van der Waals surface area contributed by atoms with Gasteiger partial charge in [0, 0.05) is 13.0 Å². The van der Waals surface area contributed by atoms with Crippen LogP contribution < -0.4 is 16.8 Å². The van der Waals surface area contributed by atoms with Crippen LogP contribution in [0.1, 0.15) is 18.4 Å². The number of rotatable bonds is 7. The molecule has 0 bridgehead atoms. The Hall–Kier alpha value is -2.08. The van der Waals surface area contributed by atoms with E-state index in [2.05, 4.69) is 5.32 Å². The number of hydrogen-bond acceptors (Lipinski definition) is 4. The van der Waals surface area contributed by atoms with Crippen molar-refractivity contribution in [3.8, 4) is 5.75 Å². The maximum absolute atomic E-state index is 11.7. The number of carbonyl (C=O) groups excluding carboxylic acids is 2. The highest BCUT2D eigenvalue weighted by molar-refractivity contribution is 5.81. The van der Waals surface area contributed by atoms with Crippen molar-refractivity contribution < 1.29 is 14.7 Å². The zero-order valence-corrected chi connectivity index (χ0v) is 10.6. The van der Waals surface area contributed by atoms with Gasteiger partial charge in [0.15, 0.2) is 0 Å². The Kier molecular flexibility index (Phi) is 5.81. The van der Waals surface area contributed by atoms with E-state index in [0.29, 0.717) is 19.4 Å². The zero-order valence-electron chi connectivity index (χ0n) is 10.6. The highest BCUT2D eigenvalue weighted by Gasteiger charge is 2.13. The highest BCUT2D eigenvalue weighted by Crippen LogP contribution is 2.10. The summed E-state index contributed by atoms with van der Waals surface area (Å²) >= 11 is 0. The third kappa shape index (κ3) is 5.87. The molecule has 0 aliphatic carbocycles. The molecule has 0 saturated heterocycles. The van der Waals surface area contributed by atoms with Gasteiger partial charge in [0.2, 0.25) is 11.8 Å². The molecule has 1 atom stereocenters. The minimum Gasteiger partial charge on any atom is -0.508 e. The second-order valence-electron chi connectivity index (χ2n) is 4.34. The fraction of sp³-hybridized carbons (Fsp3) is 0.385. The van der Waals surface area contributed by atoms with Gasteiger partial charge in [-0.2, -0.15) is 0 Å². The Morgan fingerprint density at radius 1 is 1.26 bits per heavy atom. The van der Waals surface area contributed by atoms with E-state index in [9.17, 15) is 9.59 Å². The van der Waals surface area contributed by atoms with Crippen molar-refractivity contribution in [2.24, 2.45) is 11.5 Å². The highest BCUT2D eigenvalue weighted by atomic mass is 16.3. The van der Waals surface area contributed by atoms with Crippen LogP contribution in [0, 0.1) is 0 Å². The molecule has 104 valence electrons. The quantitative estimate of drug-likeness (QED) is 0.503. The summed E-state index contributed by atoms with van der Waals surface area (Å²) in [5.41, 5.74) is 11.6. The largest absolute Gasteiger partial charge is 0.508 e. The molecule has 2 amide bonds. The third-order valence-corrected chi connectivity index (χ3v) is 2.63. The number of primary amides is 1. The third-order valence-electron chi connectivity index (χ3n) is 2.63. The normalized spacial score (nSPS) is 11.8. The number of benzene rings is 1. The van der Waals surface area contributed by atoms with Gasteiger partial charge in [0.25, 0.3) is 0 Å². The molecule has 0 aromatic heterocycles. The number of nitrogens with two attached hydrogens (primary N) is 2. The van der Waals surface area contributed by atoms with Gasteiger partial charge in [-0.05, 0) is 30.5 Å². The Balaban J connectivity index is 2.32. The average Bonchev–Trinajstić information content (AvgIpc) is 2.36. The number of carbonyl (C=O) groups is 2. The Morgan fingerprint density at radius 3 is 2.47 bits per heavy atom. The van der Waals surface area contributed by atoms with Crippen molar-refractivity contribution >= 4 is 11.8 Å². The van der Waals surface area contributed by atoms with Crippen LogP contribution in [0.15, 0.2) is 24.3 Å². The zero-order chi connectivity index (χ0) is 14.3. The molecule has 0 aliphatic heterocycles. The van der Waals surface area contributed by atoms with E-state index in [0.717, 1.165) is 5.56 Å². The van der Waals surface area contributed by atoms with Crippen LogP contribution in [-0.2, 0) is 16.0 Å². The van der Waals surface area contributed by atoms with Crippen LogP contribution in [0.2, 0.25) is 0 Å². The molecule has 1 rings (SSSR count). The Bertz CT molecular complexity index is 431. The maximum Gasteiger partial charge on any atom is 0.237 e. The smallest absolute Gasteiger partial charge is 0.237 e. The molecule has 1 aromatic carbocycles. The van der Waals surface area contributed by atoms with E-state index in [1.54, 1.807) is 24.3 Å². The van der Waals surface area contributed by atoms with Gasteiger partial charge >= 0.3 is 0 Å². The maximum atomic E-state index is 11.7. The predicted molar refractivity (Wildman–Crippen MR) is 71.2 cm³/mol. The van der Waals surface area contributed by atoms with Gasteiger partial charge in [-0.25, -0.2) is 0 Å². The molecule has 6 N–H and O–H groups in total. The van der Waals surface area contributed by atoms with Crippen molar-refractivity contribution in [2.45, 2.75) is 25.3 Å². The van der Waals surface area contributed by atoms with Crippen molar-refractivity contribution in [2.75, 3.05) is 6.54 Å². The number of amides is 2. The van der Waals surface area contributed by atoms with Crippen molar-refractivity contribution in [3.63, 3.8) is 0 Å². The summed E-state index contributed by atoms with van der Waals surface area (Å²) in [5.74, 6) is -0.478.